The molecule has 1 aromatic carbocycles. The number of thiol groups is 1. The fraction of sp³-hybridized carbons (Fsp3) is 0.143. The van der Waals surface area contributed by atoms with Gasteiger partial charge in [-0.2, -0.15) is 13.2 Å². The maximum Gasteiger partial charge on any atom is 0.417 e. The van der Waals surface area contributed by atoms with Crippen molar-refractivity contribution in [2.75, 3.05) is 0 Å². The minimum absolute atomic E-state index is 0.489. The summed E-state index contributed by atoms with van der Waals surface area (Å²) >= 11 is 8.90. The zero-order chi connectivity index (χ0) is 11.8. The summed E-state index contributed by atoms with van der Waals surface area (Å²) in [5, 5.41) is 9.59. The predicted molar refractivity (Wildman–Crippen MR) is 50.4 cm³/mol. The van der Waals surface area contributed by atoms with Crippen LogP contribution in [0.5, 0.6) is 0 Å². The molecule has 8 heteroatoms. The molecule has 1 aromatic rings. The number of halogens is 4. The number of hydrogen-bond donors (Lipinski definition) is 1. The molecule has 0 unspecified atom stereocenters. The molecule has 3 nitrogen and oxygen atoms in total. The number of hydrogen-bond acceptors (Lipinski definition) is 3. The van der Waals surface area contributed by atoms with Crippen LogP contribution in [0.2, 0.25) is 5.02 Å². The number of alkyl halides is 3. The lowest BCUT2D eigenvalue weighted by Gasteiger charge is -2.09. The Labute approximate surface area is 92.4 Å². The lowest BCUT2D eigenvalue weighted by atomic mass is 10.2. The van der Waals surface area contributed by atoms with Crippen molar-refractivity contribution in [1.82, 2.24) is 0 Å². The van der Waals surface area contributed by atoms with Gasteiger partial charge >= 0.3 is 6.18 Å². The van der Waals surface area contributed by atoms with Gasteiger partial charge in [0.2, 0.25) is 0 Å². The molecular weight excluding hydrogens is 255 g/mol. The normalized spacial score (nSPS) is 11.5. The summed E-state index contributed by atoms with van der Waals surface area (Å²) in [5.74, 6) is 0. The summed E-state index contributed by atoms with van der Waals surface area (Å²) in [7, 11) is 0. The van der Waals surface area contributed by atoms with E-state index < -0.39 is 32.3 Å². The third-order valence-electron chi connectivity index (χ3n) is 1.60. The highest BCUT2D eigenvalue weighted by Gasteiger charge is 2.35. The fourth-order valence-corrected chi connectivity index (χ4v) is 1.46. The van der Waals surface area contributed by atoms with Crippen LogP contribution >= 0.6 is 24.2 Å². The molecule has 82 valence electrons. The van der Waals surface area contributed by atoms with Gasteiger partial charge in [-0.3, -0.25) is 10.1 Å². The summed E-state index contributed by atoms with van der Waals surface area (Å²) in [6.07, 6.45) is -4.65. The molecule has 0 radical (unpaired) electrons. The summed E-state index contributed by atoms with van der Waals surface area (Å²) in [6, 6.07) is 1.28. The molecule has 0 heterocycles. The highest BCUT2D eigenvalue weighted by Crippen LogP contribution is 2.40. The lowest BCUT2D eigenvalue weighted by Crippen LogP contribution is -2.06. The molecule has 0 saturated heterocycles. The Morgan fingerprint density at radius 2 is 1.93 bits per heavy atom. The first kappa shape index (κ1) is 12.1. The Balaban J connectivity index is 3.41. The molecule has 1 rings (SSSR count). The quantitative estimate of drug-likeness (QED) is 0.475. The lowest BCUT2D eigenvalue weighted by molar-refractivity contribution is -0.387. The molecule has 0 aliphatic rings. The first-order chi connectivity index (χ1) is 6.75. The molecule has 0 amide bonds. The summed E-state index contributed by atoms with van der Waals surface area (Å²) < 4.78 is 36.8. The van der Waals surface area contributed by atoms with Crippen molar-refractivity contribution in [2.45, 2.75) is 11.1 Å². The largest absolute Gasteiger partial charge is 0.417 e. The van der Waals surface area contributed by atoms with Gasteiger partial charge < -0.3 is 0 Å². The van der Waals surface area contributed by atoms with Gasteiger partial charge in [0.15, 0.2) is 0 Å². The summed E-state index contributed by atoms with van der Waals surface area (Å²) in [5.41, 5.74) is -1.70. The first-order valence-corrected chi connectivity index (χ1v) is 4.30. The second-order valence-electron chi connectivity index (χ2n) is 2.55. The molecule has 0 bridgehead atoms. The van der Waals surface area contributed by atoms with Crippen molar-refractivity contribution in [1.29, 1.82) is 0 Å². The molecule has 15 heavy (non-hydrogen) atoms. The van der Waals surface area contributed by atoms with Gasteiger partial charge in [-0.15, -0.1) is 12.6 Å². The molecule has 0 N–H and O–H groups in total. The van der Waals surface area contributed by atoms with Crippen LogP contribution in [0.25, 0.3) is 0 Å². The van der Waals surface area contributed by atoms with Crippen LogP contribution in [-0.2, 0) is 6.18 Å². The Kier molecular flexibility index (Phi) is 3.15. The van der Waals surface area contributed by atoms with Crippen LogP contribution in [0.3, 0.4) is 0 Å². The molecule has 0 spiro atoms. The molecular formula is C7H3ClF3NO2S. The van der Waals surface area contributed by atoms with Gasteiger partial charge in [0.1, 0.15) is 4.90 Å². The molecule has 0 fully saturated rings. The fourth-order valence-electron chi connectivity index (χ4n) is 0.921. The van der Waals surface area contributed by atoms with Crippen molar-refractivity contribution < 1.29 is 18.1 Å². The smallest absolute Gasteiger partial charge is 0.258 e. The van der Waals surface area contributed by atoms with E-state index in [1.807, 2.05) is 0 Å². The third kappa shape index (κ3) is 2.35. The Hall–Kier alpha value is -0.950. The maximum absolute atomic E-state index is 12.3. The number of nitrogens with zero attached hydrogens (tertiary/aromatic N) is 1. The second-order valence-corrected chi connectivity index (χ2v) is 3.37. The first-order valence-electron chi connectivity index (χ1n) is 3.48. The van der Waals surface area contributed by atoms with Gasteiger partial charge in [0, 0.05) is 6.07 Å². The third-order valence-corrected chi connectivity index (χ3v) is 2.57. The van der Waals surface area contributed by atoms with Crippen LogP contribution in [0.4, 0.5) is 18.9 Å². The zero-order valence-electron chi connectivity index (χ0n) is 6.88. The van der Waals surface area contributed by atoms with Gasteiger partial charge in [0.25, 0.3) is 5.69 Å². The van der Waals surface area contributed by atoms with E-state index in [1.54, 1.807) is 0 Å². The number of benzene rings is 1. The predicted octanol–water partition coefficient (Wildman–Crippen LogP) is 3.56. The minimum Gasteiger partial charge on any atom is -0.258 e. The van der Waals surface area contributed by atoms with E-state index in [1.165, 1.54) is 0 Å². The number of rotatable bonds is 1. The minimum atomic E-state index is -4.65. The van der Waals surface area contributed by atoms with E-state index in [0.29, 0.717) is 6.07 Å². The molecule has 0 aliphatic heterocycles. The van der Waals surface area contributed by atoms with Crippen molar-refractivity contribution in [3.05, 3.63) is 32.8 Å². The maximum atomic E-state index is 12.3. The van der Waals surface area contributed by atoms with Crippen LogP contribution < -0.4 is 0 Å². The Morgan fingerprint density at radius 3 is 2.33 bits per heavy atom. The summed E-state index contributed by atoms with van der Waals surface area (Å²) in [6.45, 7) is 0. The van der Waals surface area contributed by atoms with E-state index in [9.17, 15) is 23.3 Å². The monoisotopic (exact) mass is 257 g/mol. The molecule has 0 saturated carbocycles. The highest BCUT2D eigenvalue weighted by atomic mass is 35.5. The van der Waals surface area contributed by atoms with Crippen molar-refractivity contribution in [3.63, 3.8) is 0 Å². The van der Waals surface area contributed by atoms with Crippen molar-refractivity contribution in [2.24, 2.45) is 0 Å². The van der Waals surface area contributed by atoms with Gasteiger partial charge in [0.05, 0.1) is 15.5 Å². The zero-order valence-corrected chi connectivity index (χ0v) is 8.53. The van der Waals surface area contributed by atoms with Gasteiger partial charge in [-0.1, -0.05) is 11.6 Å². The van der Waals surface area contributed by atoms with E-state index in [0.717, 1.165) is 6.07 Å². The molecule has 0 aromatic heterocycles. The average Bonchev–Trinajstić information content (AvgIpc) is 2.06. The van der Waals surface area contributed by atoms with Crippen molar-refractivity contribution >= 4 is 29.9 Å². The van der Waals surface area contributed by atoms with Gasteiger partial charge in [-0.05, 0) is 6.07 Å². The molecule has 0 atom stereocenters. The van der Waals surface area contributed by atoms with Crippen LogP contribution in [0.1, 0.15) is 5.56 Å². The molecule has 0 aliphatic carbocycles. The van der Waals surface area contributed by atoms with E-state index in [2.05, 4.69) is 12.6 Å². The Morgan fingerprint density at radius 1 is 1.40 bits per heavy atom. The highest BCUT2D eigenvalue weighted by molar-refractivity contribution is 7.80. The standard InChI is InChI=1S/C7H3ClF3NO2S/c8-5-3(7(9,10)11)1-2-4(6(5)15)12(13)14/h1-2,15H. The van der Waals surface area contributed by atoms with Crippen LogP contribution in [-0.4, -0.2) is 4.92 Å². The second kappa shape index (κ2) is 3.90. The Bertz CT molecular complexity index is 421. The van der Waals surface area contributed by atoms with E-state index in [-0.39, 0.29) is 0 Å². The number of nitro groups is 1. The SMILES string of the molecule is O=[N+]([O-])c1ccc(C(F)(F)F)c(Cl)c1S. The van der Waals surface area contributed by atoms with Crippen LogP contribution in [0.15, 0.2) is 17.0 Å². The summed E-state index contributed by atoms with van der Waals surface area (Å²) in [4.78, 5) is 9.01. The topological polar surface area (TPSA) is 43.1 Å². The van der Waals surface area contributed by atoms with E-state index in [4.69, 9.17) is 11.6 Å². The van der Waals surface area contributed by atoms with Crippen LogP contribution in [0, 0.1) is 10.1 Å². The number of nitro benzene ring substituents is 1. The van der Waals surface area contributed by atoms with Crippen molar-refractivity contribution in [3.8, 4) is 0 Å². The van der Waals surface area contributed by atoms with E-state index >= 15 is 0 Å². The average molecular weight is 258 g/mol. The van der Waals surface area contributed by atoms with Gasteiger partial charge in [-0.25, -0.2) is 0 Å².